The minimum Gasteiger partial charge on any atom is -0.290 e. The molecular weight excluding hydrogens is 318 g/mol. The van der Waals surface area contributed by atoms with Crippen LogP contribution in [0.4, 0.5) is 0 Å². The molecule has 138 valence electrons. The molecule has 6 heteroatoms. The van der Waals surface area contributed by atoms with Crippen LogP contribution >= 0.6 is 0 Å². The standard InChI is InChI=1S/C13H11N3O3.3C2H6/c17-13-7-1-10(2-8-13)9-14-15-11-3-5-12(6-4-11)16(18)19;3*1-2/h1-9,11-12H;3*1-2H3. The zero-order valence-electron chi connectivity index (χ0n) is 15.9. The maximum absolute atomic E-state index is 10.9. The maximum Gasteiger partial charge on any atom is 0.249 e. The van der Waals surface area contributed by atoms with Crippen LogP contribution in [-0.4, -0.2) is 22.8 Å². The molecule has 2 aliphatic rings. The number of ketones is 1. The number of carbonyl (C=O) groups is 1. The van der Waals surface area contributed by atoms with Gasteiger partial charge >= 0.3 is 0 Å². The van der Waals surface area contributed by atoms with Gasteiger partial charge in [0, 0.05) is 4.92 Å². The van der Waals surface area contributed by atoms with E-state index >= 15 is 0 Å². The summed E-state index contributed by atoms with van der Waals surface area (Å²) in [4.78, 5) is 21.0. The molecule has 6 nitrogen and oxygen atoms in total. The number of allylic oxidation sites excluding steroid dienone is 5. The second-order valence-electron chi connectivity index (χ2n) is 3.97. The monoisotopic (exact) mass is 347 g/mol. The van der Waals surface area contributed by atoms with E-state index in [1.54, 1.807) is 24.3 Å². The van der Waals surface area contributed by atoms with Gasteiger partial charge in [0.1, 0.15) is 6.04 Å². The van der Waals surface area contributed by atoms with Crippen molar-refractivity contribution in [3.05, 3.63) is 70.5 Å². The second kappa shape index (κ2) is 16.2. The molecule has 0 saturated heterocycles. The van der Waals surface area contributed by atoms with Gasteiger partial charge in [0.15, 0.2) is 5.78 Å². The molecule has 0 fully saturated rings. The van der Waals surface area contributed by atoms with Crippen LogP contribution in [0.15, 0.2) is 70.6 Å². The van der Waals surface area contributed by atoms with Crippen LogP contribution in [0.25, 0.3) is 0 Å². The Kier molecular flexibility index (Phi) is 16.0. The maximum atomic E-state index is 10.9. The van der Waals surface area contributed by atoms with Gasteiger partial charge in [-0.3, -0.25) is 14.9 Å². The average molecular weight is 347 g/mol. The lowest BCUT2D eigenvalue weighted by Gasteiger charge is -2.06. The molecule has 0 aromatic rings. The Hall–Kier alpha value is -2.63. The second-order valence-corrected chi connectivity index (χ2v) is 3.97. The lowest BCUT2D eigenvalue weighted by Crippen LogP contribution is -2.17. The molecule has 0 atom stereocenters. The van der Waals surface area contributed by atoms with Crippen molar-refractivity contribution in [2.45, 2.75) is 53.6 Å². The van der Waals surface area contributed by atoms with E-state index in [-0.39, 0.29) is 16.7 Å². The molecule has 0 radical (unpaired) electrons. The van der Waals surface area contributed by atoms with Crippen molar-refractivity contribution in [1.29, 1.82) is 0 Å². The van der Waals surface area contributed by atoms with Crippen LogP contribution in [0.2, 0.25) is 0 Å². The molecule has 0 aromatic heterocycles. The molecule has 0 heterocycles. The van der Waals surface area contributed by atoms with Crippen molar-refractivity contribution in [2.75, 3.05) is 0 Å². The minimum atomic E-state index is -0.778. The van der Waals surface area contributed by atoms with Crippen LogP contribution in [0.3, 0.4) is 0 Å². The van der Waals surface area contributed by atoms with Gasteiger partial charge in [0.2, 0.25) is 6.04 Å². The lowest BCUT2D eigenvalue weighted by molar-refractivity contribution is -0.496. The first-order valence-corrected chi connectivity index (χ1v) is 8.65. The molecule has 0 saturated carbocycles. The van der Waals surface area contributed by atoms with Gasteiger partial charge in [-0.1, -0.05) is 53.7 Å². The van der Waals surface area contributed by atoms with E-state index in [1.807, 2.05) is 41.5 Å². The molecule has 2 rings (SSSR count). The third-order valence-corrected chi connectivity index (χ3v) is 2.54. The summed E-state index contributed by atoms with van der Waals surface area (Å²) >= 11 is 0. The third-order valence-electron chi connectivity index (χ3n) is 2.54. The van der Waals surface area contributed by atoms with E-state index in [0.29, 0.717) is 0 Å². The summed E-state index contributed by atoms with van der Waals surface area (Å²) in [6, 6.07) is -1.06. The SMILES string of the molecule is CC.CC.CC.O=C1C=CC(=CN=NC2C=CC([N+](=O)[O-])C=C2)C=C1. The molecule has 0 unspecified atom stereocenters. The van der Waals surface area contributed by atoms with Crippen molar-refractivity contribution in [3.63, 3.8) is 0 Å². The number of nitro groups is 1. The highest BCUT2D eigenvalue weighted by molar-refractivity contribution is 6.01. The molecular formula is C19H29N3O3. The highest BCUT2D eigenvalue weighted by Gasteiger charge is 2.16. The van der Waals surface area contributed by atoms with Gasteiger partial charge in [-0.2, -0.15) is 10.2 Å². The normalized spacial score (nSPS) is 19.9. The molecule has 0 bridgehead atoms. The summed E-state index contributed by atoms with van der Waals surface area (Å²) in [7, 11) is 0. The van der Waals surface area contributed by atoms with Crippen LogP contribution < -0.4 is 0 Å². The van der Waals surface area contributed by atoms with Crippen LogP contribution in [-0.2, 0) is 4.79 Å². The van der Waals surface area contributed by atoms with Crippen LogP contribution in [0.5, 0.6) is 0 Å². The van der Waals surface area contributed by atoms with Crippen molar-refractivity contribution in [1.82, 2.24) is 0 Å². The average Bonchev–Trinajstić information content (AvgIpc) is 2.68. The Bertz CT molecular complexity index is 538. The number of hydrogen-bond acceptors (Lipinski definition) is 5. The fourth-order valence-corrected chi connectivity index (χ4v) is 1.53. The number of carbonyl (C=O) groups excluding carboxylic acids is 1. The van der Waals surface area contributed by atoms with E-state index in [1.165, 1.54) is 30.5 Å². The van der Waals surface area contributed by atoms with E-state index in [4.69, 9.17) is 0 Å². The van der Waals surface area contributed by atoms with Gasteiger partial charge in [-0.05, 0) is 42.0 Å². The Balaban J connectivity index is 0. The summed E-state index contributed by atoms with van der Waals surface area (Å²) in [5, 5.41) is 18.4. The first-order valence-electron chi connectivity index (χ1n) is 8.65. The Labute approximate surface area is 150 Å². The van der Waals surface area contributed by atoms with Crippen LogP contribution in [0.1, 0.15) is 41.5 Å². The first kappa shape index (κ1) is 24.6. The number of nitrogens with zero attached hydrogens (tertiary/aromatic N) is 3. The lowest BCUT2D eigenvalue weighted by atomic mass is 10.1. The summed E-state index contributed by atoms with van der Waals surface area (Å²) in [6.07, 6.45) is 13.9. The zero-order chi connectivity index (χ0) is 19.7. The van der Waals surface area contributed by atoms with E-state index in [2.05, 4.69) is 10.2 Å². The molecule has 0 N–H and O–H groups in total. The number of azo groups is 1. The Morgan fingerprint density at radius 3 is 1.84 bits per heavy atom. The topological polar surface area (TPSA) is 84.9 Å². The van der Waals surface area contributed by atoms with Gasteiger partial charge in [-0.15, -0.1) is 0 Å². The largest absolute Gasteiger partial charge is 0.290 e. The zero-order valence-corrected chi connectivity index (χ0v) is 15.9. The van der Waals surface area contributed by atoms with Crippen molar-refractivity contribution >= 4 is 5.78 Å². The van der Waals surface area contributed by atoms with Crippen LogP contribution in [0, 0.1) is 10.1 Å². The smallest absolute Gasteiger partial charge is 0.249 e. The number of rotatable bonds is 3. The summed E-state index contributed by atoms with van der Waals surface area (Å²) in [6.45, 7) is 12.0. The first-order chi connectivity index (χ1) is 12.1. The van der Waals surface area contributed by atoms with Gasteiger partial charge < -0.3 is 0 Å². The Morgan fingerprint density at radius 2 is 1.40 bits per heavy atom. The van der Waals surface area contributed by atoms with Crippen molar-refractivity contribution in [2.24, 2.45) is 10.2 Å². The quantitative estimate of drug-likeness (QED) is 0.303. The fourth-order valence-electron chi connectivity index (χ4n) is 1.53. The minimum absolute atomic E-state index is 0.0574. The van der Waals surface area contributed by atoms with Crippen molar-refractivity contribution < 1.29 is 9.72 Å². The van der Waals surface area contributed by atoms with Gasteiger partial charge in [0.25, 0.3) is 0 Å². The van der Waals surface area contributed by atoms with E-state index < -0.39 is 6.04 Å². The van der Waals surface area contributed by atoms with E-state index in [9.17, 15) is 14.9 Å². The van der Waals surface area contributed by atoms with E-state index in [0.717, 1.165) is 5.57 Å². The summed E-state index contributed by atoms with van der Waals surface area (Å²) in [5.41, 5.74) is 0.773. The summed E-state index contributed by atoms with van der Waals surface area (Å²) in [5.74, 6) is -0.0574. The summed E-state index contributed by atoms with van der Waals surface area (Å²) < 4.78 is 0. The number of hydrogen-bond donors (Lipinski definition) is 0. The predicted octanol–water partition coefficient (Wildman–Crippen LogP) is 5.24. The molecule has 2 aliphatic carbocycles. The molecule has 0 aliphatic heterocycles. The van der Waals surface area contributed by atoms with Gasteiger partial charge in [0.05, 0.1) is 6.20 Å². The molecule has 0 aromatic carbocycles. The molecule has 0 amide bonds. The van der Waals surface area contributed by atoms with Gasteiger partial charge in [-0.25, -0.2) is 0 Å². The highest BCUT2D eigenvalue weighted by atomic mass is 16.6. The fraction of sp³-hybridized carbons (Fsp3) is 0.421. The predicted molar refractivity (Wildman–Crippen MR) is 103 cm³/mol. The molecule has 0 spiro atoms. The highest BCUT2D eigenvalue weighted by Crippen LogP contribution is 2.10. The van der Waals surface area contributed by atoms with Crippen molar-refractivity contribution in [3.8, 4) is 0 Å². The third kappa shape index (κ3) is 10.7. The Morgan fingerprint density at radius 1 is 0.920 bits per heavy atom. The molecule has 25 heavy (non-hydrogen) atoms.